The van der Waals surface area contributed by atoms with Gasteiger partial charge in [-0.25, -0.2) is 0 Å². The smallest absolute Gasteiger partial charge is 0.00268 e. The van der Waals surface area contributed by atoms with Crippen LogP contribution in [0.4, 0.5) is 0 Å². The molecule has 0 unspecified atom stereocenters. The zero-order valence-corrected chi connectivity index (χ0v) is 15.3. The van der Waals surface area contributed by atoms with Crippen LogP contribution in [0.15, 0.2) is 103 Å². The Morgan fingerprint density at radius 3 is 2.04 bits per heavy atom. The van der Waals surface area contributed by atoms with E-state index < -0.39 is 0 Å². The van der Waals surface area contributed by atoms with Crippen LogP contribution in [0.2, 0.25) is 0 Å². The monoisotopic (exact) mass is 344 g/mol. The molecule has 27 heavy (non-hydrogen) atoms. The van der Waals surface area contributed by atoms with Gasteiger partial charge in [-0.2, -0.15) is 0 Å². The van der Waals surface area contributed by atoms with Crippen molar-refractivity contribution in [2.75, 3.05) is 0 Å². The van der Waals surface area contributed by atoms with Crippen molar-refractivity contribution in [3.05, 3.63) is 109 Å². The Labute approximate surface area is 159 Å². The van der Waals surface area contributed by atoms with Gasteiger partial charge >= 0.3 is 0 Å². The van der Waals surface area contributed by atoms with Gasteiger partial charge in [-0.1, -0.05) is 103 Å². The fourth-order valence-electron chi connectivity index (χ4n) is 3.99. The third-order valence-electron chi connectivity index (χ3n) is 5.29. The molecule has 0 aliphatic heterocycles. The maximum Gasteiger partial charge on any atom is -0.00268 e. The van der Waals surface area contributed by atoms with Gasteiger partial charge in [0.1, 0.15) is 0 Å². The molecule has 128 valence electrons. The first kappa shape index (κ1) is 15.8. The summed E-state index contributed by atoms with van der Waals surface area (Å²) in [4.78, 5) is 0. The first-order valence-corrected chi connectivity index (χ1v) is 9.37. The summed E-state index contributed by atoms with van der Waals surface area (Å²) in [6, 6.07) is 37.3. The second kappa shape index (κ2) is 6.41. The lowest BCUT2D eigenvalue weighted by atomic mass is 9.92. The van der Waals surface area contributed by atoms with Gasteiger partial charge in [0.15, 0.2) is 0 Å². The molecule has 0 aromatic heterocycles. The van der Waals surface area contributed by atoms with Crippen LogP contribution in [-0.2, 0) is 0 Å². The summed E-state index contributed by atoms with van der Waals surface area (Å²) in [5, 5.41) is 5.21. The summed E-state index contributed by atoms with van der Waals surface area (Å²) >= 11 is 0. The SMILES string of the molecule is Cc1cccc(-c2cccc(-c3cccc4ccc5ccccc5c34)c2)c1. The van der Waals surface area contributed by atoms with Crippen molar-refractivity contribution in [3.63, 3.8) is 0 Å². The molecule has 0 aliphatic rings. The van der Waals surface area contributed by atoms with E-state index in [-0.39, 0.29) is 0 Å². The third-order valence-corrected chi connectivity index (χ3v) is 5.29. The molecule has 0 bridgehead atoms. The molecule has 0 heterocycles. The van der Waals surface area contributed by atoms with Crippen LogP contribution in [0.3, 0.4) is 0 Å². The minimum Gasteiger partial charge on any atom is -0.0616 e. The Morgan fingerprint density at radius 1 is 0.481 bits per heavy atom. The zero-order chi connectivity index (χ0) is 18.2. The van der Waals surface area contributed by atoms with E-state index in [1.807, 2.05) is 0 Å². The van der Waals surface area contributed by atoms with E-state index in [1.54, 1.807) is 0 Å². The Kier molecular flexibility index (Phi) is 3.76. The van der Waals surface area contributed by atoms with Crippen LogP contribution in [0.25, 0.3) is 43.8 Å². The van der Waals surface area contributed by atoms with Gasteiger partial charge in [0.2, 0.25) is 0 Å². The topological polar surface area (TPSA) is 0 Å². The lowest BCUT2D eigenvalue weighted by molar-refractivity contribution is 1.47. The van der Waals surface area contributed by atoms with Crippen LogP contribution in [0, 0.1) is 6.92 Å². The summed E-state index contributed by atoms with van der Waals surface area (Å²) in [7, 11) is 0. The molecule has 0 heteroatoms. The maximum absolute atomic E-state index is 2.31. The predicted molar refractivity (Wildman–Crippen MR) is 117 cm³/mol. The van der Waals surface area contributed by atoms with Gasteiger partial charge in [0.05, 0.1) is 0 Å². The van der Waals surface area contributed by atoms with Gasteiger partial charge in [-0.15, -0.1) is 0 Å². The van der Waals surface area contributed by atoms with Crippen molar-refractivity contribution >= 4 is 21.5 Å². The standard InChI is InChI=1S/C27H20/c1-19-7-4-10-22(17-19)23-11-5-12-24(18-23)26-14-6-9-21-16-15-20-8-2-3-13-25(20)27(21)26/h2-18H,1H3. The summed E-state index contributed by atoms with van der Waals surface area (Å²) in [5.74, 6) is 0. The molecule has 0 saturated heterocycles. The fourth-order valence-corrected chi connectivity index (χ4v) is 3.99. The van der Waals surface area contributed by atoms with Crippen molar-refractivity contribution < 1.29 is 0 Å². The molecule has 0 saturated carbocycles. The number of benzene rings is 5. The molecule has 0 N–H and O–H groups in total. The zero-order valence-electron chi connectivity index (χ0n) is 15.3. The minimum atomic E-state index is 1.26. The van der Waals surface area contributed by atoms with E-state index in [9.17, 15) is 0 Å². The van der Waals surface area contributed by atoms with Crippen molar-refractivity contribution in [1.29, 1.82) is 0 Å². The molecule has 0 radical (unpaired) electrons. The molecular weight excluding hydrogens is 324 g/mol. The van der Waals surface area contributed by atoms with Gasteiger partial charge in [0, 0.05) is 0 Å². The lowest BCUT2D eigenvalue weighted by Crippen LogP contribution is -1.85. The van der Waals surface area contributed by atoms with Gasteiger partial charge in [-0.05, 0) is 56.8 Å². The Balaban J connectivity index is 1.77. The van der Waals surface area contributed by atoms with E-state index in [0.717, 1.165) is 0 Å². The molecular formula is C27H20. The summed E-state index contributed by atoms with van der Waals surface area (Å²) in [6.45, 7) is 2.14. The highest BCUT2D eigenvalue weighted by Gasteiger charge is 2.09. The van der Waals surface area contributed by atoms with Crippen LogP contribution in [0.1, 0.15) is 5.56 Å². The molecule has 0 nitrogen and oxygen atoms in total. The largest absolute Gasteiger partial charge is 0.0616 e. The Bertz CT molecular complexity index is 1280. The van der Waals surface area contributed by atoms with Crippen molar-refractivity contribution in [2.45, 2.75) is 6.92 Å². The highest BCUT2D eigenvalue weighted by molar-refractivity contribution is 6.14. The molecule has 0 aliphatic carbocycles. The number of hydrogen-bond acceptors (Lipinski definition) is 0. The molecule has 0 fully saturated rings. The number of hydrogen-bond donors (Lipinski definition) is 0. The molecule has 5 aromatic carbocycles. The number of aryl methyl sites for hydroxylation is 1. The van der Waals surface area contributed by atoms with Gasteiger partial charge in [-0.3, -0.25) is 0 Å². The first-order chi connectivity index (χ1) is 13.3. The average molecular weight is 344 g/mol. The molecule has 0 atom stereocenters. The normalized spacial score (nSPS) is 11.1. The summed E-state index contributed by atoms with van der Waals surface area (Å²) < 4.78 is 0. The van der Waals surface area contributed by atoms with Crippen molar-refractivity contribution in [3.8, 4) is 22.3 Å². The molecule has 5 aromatic rings. The maximum atomic E-state index is 2.31. The molecule has 5 rings (SSSR count). The molecule has 0 amide bonds. The van der Waals surface area contributed by atoms with Gasteiger partial charge < -0.3 is 0 Å². The van der Waals surface area contributed by atoms with E-state index in [1.165, 1.54) is 49.4 Å². The quantitative estimate of drug-likeness (QED) is 0.289. The van der Waals surface area contributed by atoms with Crippen LogP contribution >= 0.6 is 0 Å². The lowest BCUT2D eigenvalue weighted by Gasteiger charge is -2.12. The first-order valence-electron chi connectivity index (χ1n) is 9.37. The highest BCUT2D eigenvalue weighted by Crippen LogP contribution is 2.35. The van der Waals surface area contributed by atoms with E-state index in [2.05, 4.69) is 110 Å². The number of rotatable bonds is 2. The Morgan fingerprint density at radius 2 is 1.15 bits per heavy atom. The second-order valence-corrected chi connectivity index (χ2v) is 7.14. The summed E-state index contributed by atoms with van der Waals surface area (Å²) in [5.41, 5.74) is 6.36. The van der Waals surface area contributed by atoms with E-state index in [4.69, 9.17) is 0 Å². The summed E-state index contributed by atoms with van der Waals surface area (Å²) in [6.07, 6.45) is 0. The third kappa shape index (κ3) is 2.80. The molecule has 0 spiro atoms. The van der Waals surface area contributed by atoms with E-state index in [0.29, 0.717) is 0 Å². The van der Waals surface area contributed by atoms with Gasteiger partial charge in [0.25, 0.3) is 0 Å². The van der Waals surface area contributed by atoms with Crippen LogP contribution < -0.4 is 0 Å². The average Bonchev–Trinajstić information content (AvgIpc) is 2.73. The van der Waals surface area contributed by atoms with Crippen LogP contribution in [-0.4, -0.2) is 0 Å². The second-order valence-electron chi connectivity index (χ2n) is 7.14. The minimum absolute atomic E-state index is 1.26. The van der Waals surface area contributed by atoms with E-state index >= 15 is 0 Å². The predicted octanol–water partition coefficient (Wildman–Crippen LogP) is 7.64. The van der Waals surface area contributed by atoms with Crippen LogP contribution in [0.5, 0.6) is 0 Å². The van der Waals surface area contributed by atoms with Crippen molar-refractivity contribution in [2.24, 2.45) is 0 Å². The Hall–Kier alpha value is -3.38. The highest BCUT2D eigenvalue weighted by atomic mass is 14.1. The fraction of sp³-hybridized carbons (Fsp3) is 0.0370. The number of fused-ring (bicyclic) bond motifs is 3. The van der Waals surface area contributed by atoms with Crippen molar-refractivity contribution in [1.82, 2.24) is 0 Å².